The molecule has 3 aliphatic rings. The summed E-state index contributed by atoms with van der Waals surface area (Å²) in [4.78, 5) is 41.4. The number of hydrogen-bond acceptors (Lipinski definition) is 14. The number of halogens is 3. The van der Waals surface area contributed by atoms with Crippen molar-refractivity contribution in [1.29, 1.82) is 0 Å². The third-order valence-corrected chi connectivity index (χ3v) is 15.0. The quantitative estimate of drug-likeness (QED) is 0.0714. The molecule has 4 N–H and O–H groups in total. The van der Waals surface area contributed by atoms with Gasteiger partial charge in [0, 0.05) is 137 Å². The number of aromatic amines is 1. The molecule has 404 valence electrons. The molecule has 7 heterocycles. The van der Waals surface area contributed by atoms with Crippen LogP contribution in [0.3, 0.4) is 0 Å². The number of fused-ring (bicyclic) bond motifs is 2. The van der Waals surface area contributed by atoms with Crippen LogP contribution in [-0.2, 0) is 35.2 Å². The number of benzene rings is 4. The Hall–Kier alpha value is -7.52. The molecule has 11 rings (SSSR count). The molecule has 0 bridgehead atoms. The highest BCUT2D eigenvalue weighted by atomic mass is 19.4. The zero-order valence-corrected chi connectivity index (χ0v) is 42.9. The standard InChI is InChI=1S/C59H61F3N10O6/c60-59(61,62)54-32-65-33-55(68-54)67-51-37-78-53(58(75)57(51)74)36-71-21-19-69(20-22-71)34-40-6-11-44(12-7-40)77-38-56(73)72-25-23-70(24-26-72)35-41-8-13-46(48-31-66-50-15-18-64-30-49(48)50)52(28-41)76-27-16-39-4-9-43(10-5-39)45-3-1-2-42-14-17-63-29-47(42)45/h1-15,17-18,28-33,51,53,57-58,66,74-75H,16,19-27,34-38H2,(H,67,68)/t51-,53+,57+,58-/m0/s1. The Bertz CT molecular complexity index is 3310. The van der Waals surface area contributed by atoms with Crippen molar-refractivity contribution in [3.63, 3.8) is 0 Å². The van der Waals surface area contributed by atoms with Gasteiger partial charge in [0.1, 0.15) is 29.5 Å². The van der Waals surface area contributed by atoms with Gasteiger partial charge < -0.3 is 39.6 Å². The van der Waals surface area contributed by atoms with Crippen LogP contribution in [0.5, 0.6) is 11.5 Å². The fourth-order valence-electron chi connectivity index (χ4n) is 10.6. The Morgan fingerprint density at radius 2 is 1.41 bits per heavy atom. The third kappa shape index (κ3) is 12.4. The van der Waals surface area contributed by atoms with Crippen LogP contribution in [0.15, 0.2) is 140 Å². The predicted molar refractivity (Wildman–Crippen MR) is 290 cm³/mol. The number of aliphatic hydroxyl groups is 2. The molecule has 8 aromatic rings. The van der Waals surface area contributed by atoms with E-state index in [1.54, 1.807) is 6.20 Å². The highest BCUT2D eigenvalue weighted by Crippen LogP contribution is 2.37. The number of anilines is 1. The van der Waals surface area contributed by atoms with Gasteiger partial charge in [-0.15, -0.1) is 0 Å². The molecule has 4 atom stereocenters. The van der Waals surface area contributed by atoms with E-state index in [4.69, 9.17) is 14.2 Å². The number of carbonyl (C=O) groups is 1. The fourth-order valence-corrected chi connectivity index (χ4v) is 10.6. The second-order valence-electron chi connectivity index (χ2n) is 20.2. The normalized spacial score (nSPS) is 19.8. The minimum absolute atomic E-state index is 0.0283. The SMILES string of the molecule is O=C(COc1ccc(CN2CCN(C[C@H]3OC[C@H](Nc4cncc(C(F)(F)F)n4)[C@@H](O)[C@H]3O)CC2)cc1)N1CCN(Cc2ccc(-c3c[nH]c4ccncc34)c(OCCc3ccc(-c4cccc5ccncc45)cc3)c2)CC1. The number of nitrogens with one attached hydrogen (secondary N) is 2. The van der Waals surface area contributed by atoms with Crippen molar-refractivity contribution in [2.75, 3.05) is 84.0 Å². The second-order valence-corrected chi connectivity index (χ2v) is 20.2. The van der Waals surface area contributed by atoms with E-state index in [1.807, 2.05) is 66.1 Å². The maximum Gasteiger partial charge on any atom is 0.434 e. The average molecular weight is 1060 g/mol. The molecule has 3 fully saturated rings. The van der Waals surface area contributed by atoms with Crippen molar-refractivity contribution in [1.82, 2.24) is 44.5 Å². The number of pyridine rings is 2. The lowest BCUT2D eigenvalue weighted by Crippen LogP contribution is -2.59. The van der Waals surface area contributed by atoms with E-state index in [-0.39, 0.29) is 24.9 Å². The van der Waals surface area contributed by atoms with Crippen LogP contribution in [-0.4, -0.2) is 164 Å². The van der Waals surface area contributed by atoms with E-state index >= 15 is 0 Å². The Balaban J connectivity index is 0.618. The Labute approximate surface area is 449 Å². The van der Waals surface area contributed by atoms with Gasteiger partial charge in [0.2, 0.25) is 0 Å². The number of rotatable bonds is 17. The summed E-state index contributed by atoms with van der Waals surface area (Å²) in [6.45, 7) is 7.94. The maximum absolute atomic E-state index is 13.4. The molecule has 0 aliphatic carbocycles. The van der Waals surface area contributed by atoms with Crippen LogP contribution in [0.2, 0.25) is 0 Å². The van der Waals surface area contributed by atoms with E-state index < -0.39 is 36.2 Å². The van der Waals surface area contributed by atoms with Crippen LogP contribution >= 0.6 is 0 Å². The van der Waals surface area contributed by atoms with Crippen LogP contribution in [0.1, 0.15) is 22.4 Å². The summed E-state index contributed by atoms with van der Waals surface area (Å²) >= 11 is 0. The number of carbonyl (C=O) groups excluding carboxylic acids is 1. The van der Waals surface area contributed by atoms with E-state index in [0.29, 0.717) is 38.2 Å². The molecule has 0 unspecified atom stereocenters. The van der Waals surface area contributed by atoms with Gasteiger partial charge in [-0.05, 0) is 63.5 Å². The van der Waals surface area contributed by atoms with Crippen molar-refractivity contribution in [3.8, 4) is 33.8 Å². The molecule has 78 heavy (non-hydrogen) atoms. The number of hydrogen-bond donors (Lipinski definition) is 4. The van der Waals surface area contributed by atoms with Gasteiger partial charge in [-0.25, -0.2) is 4.98 Å². The summed E-state index contributed by atoms with van der Waals surface area (Å²) in [7, 11) is 0. The summed E-state index contributed by atoms with van der Waals surface area (Å²) in [5, 5.41) is 27.8. The Morgan fingerprint density at radius 3 is 2.19 bits per heavy atom. The average Bonchev–Trinajstić information content (AvgIpc) is 3.95. The Morgan fingerprint density at radius 1 is 0.705 bits per heavy atom. The third-order valence-electron chi connectivity index (χ3n) is 15.0. The lowest BCUT2D eigenvalue weighted by Gasteiger charge is -2.42. The molecule has 1 amide bonds. The highest BCUT2D eigenvalue weighted by molar-refractivity contribution is 5.97. The minimum Gasteiger partial charge on any atom is -0.493 e. The first-order chi connectivity index (χ1) is 38.0. The van der Waals surface area contributed by atoms with Crippen LogP contribution in [0.25, 0.3) is 43.9 Å². The van der Waals surface area contributed by atoms with Gasteiger partial charge in [-0.3, -0.25) is 34.4 Å². The molecular weight excluding hydrogens is 1000 g/mol. The van der Waals surface area contributed by atoms with E-state index in [1.165, 1.54) is 10.9 Å². The number of amides is 1. The van der Waals surface area contributed by atoms with Crippen molar-refractivity contribution in [3.05, 3.63) is 163 Å². The molecule has 0 radical (unpaired) electrons. The predicted octanol–water partition coefficient (Wildman–Crippen LogP) is 7.32. The number of H-pyrrole nitrogens is 1. The number of ether oxygens (including phenoxy) is 3. The minimum atomic E-state index is -4.67. The lowest BCUT2D eigenvalue weighted by atomic mass is 9.97. The maximum atomic E-state index is 13.4. The van der Waals surface area contributed by atoms with Gasteiger partial charge in [0.25, 0.3) is 5.91 Å². The molecule has 4 aromatic carbocycles. The van der Waals surface area contributed by atoms with E-state index in [9.17, 15) is 28.2 Å². The number of alkyl halides is 3. The van der Waals surface area contributed by atoms with Crippen molar-refractivity contribution >= 4 is 33.4 Å². The molecule has 0 spiro atoms. The lowest BCUT2D eigenvalue weighted by molar-refractivity contribution is -0.148. The van der Waals surface area contributed by atoms with Crippen LogP contribution in [0.4, 0.5) is 19.0 Å². The molecule has 19 heteroatoms. The first-order valence-corrected chi connectivity index (χ1v) is 26.4. The summed E-state index contributed by atoms with van der Waals surface area (Å²) in [6.07, 6.45) is 4.05. The second kappa shape index (κ2) is 23.6. The van der Waals surface area contributed by atoms with Crippen LogP contribution in [0, 0.1) is 0 Å². The number of aromatic nitrogens is 5. The van der Waals surface area contributed by atoms with Crippen molar-refractivity contribution in [2.24, 2.45) is 0 Å². The fraction of sp³-hybridized carbons (Fsp3) is 0.339. The van der Waals surface area contributed by atoms with Gasteiger partial charge in [0.05, 0.1) is 37.8 Å². The van der Waals surface area contributed by atoms with Crippen LogP contribution < -0.4 is 14.8 Å². The zero-order valence-electron chi connectivity index (χ0n) is 42.9. The highest BCUT2D eigenvalue weighted by Gasteiger charge is 2.40. The summed E-state index contributed by atoms with van der Waals surface area (Å²) in [6, 6.07) is 32.4. The van der Waals surface area contributed by atoms with Gasteiger partial charge in [-0.2, -0.15) is 13.2 Å². The molecule has 0 saturated carbocycles. The molecular formula is C59H61F3N10O6. The number of nitrogens with zero attached hydrogens (tertiary/aromatic N) is 8. The van der Waals surface area contributed by atoms with E-state index in [2.05, 4.69) is 106 Å². The first-order valence-electron chi connectivity index (χ1n) is 26.4. The summed E-state index contributed by atoms with van der Waals surface area (Å²) < 4.78 is 57.8. The van der Waals surface area contributed by atoms with Gasteiger partial charge in [-0.1, -0.05) is 66.7 Å². The topological polar surface area (TPSA) is 178 Å². The number of aliphatic hydroxyl groups excluding tert-OH is 2. The monoisotopic (exact) mass is 1060 g/mol. The zero-order chi connectivity index (χ0) is 53.6. The molecule has 4 aromatic heterocycles. The van der Waals surface area contributed by atoms with E-state index in [0.717, 1.165) is 120 Å². The summed E-state index contributed by atoms with van der Waals surface area (Å²) in [5.41, 5.74) is 7.62. The van der Waals surface area contributed by atoms with Gasteiger partial charge in [0.15, 0.2) is 12.3 Å². The molecule has 3 aliphatic heterocycles. The van der Waals surface area contributed by atoms with Crippen molar-refractivity contribution in [2.45, 2.75) is 50.0 Å². The Kier molecular flexibility index (Phi) is 15.9. The van der Waals surface area contributed by atoms with Crippen molar-refractivity contribution < 1.29 is 42.4 Å². The number of piperazine rings is 2. The van der Waals surface area contributed by atoms with Gasteiger partial charge >= 0.3 is 6.18 Å². The molecule has 3 saturated heterocycles. The summed E-state index contributed by atoms with van der Waals surface area (Å²) in [5.74, 6) is 1.22. The largest absolute Gasteiger partial charge is 0.493 e. The molecule has 16 nitrogen and oxygen atoms in total. The smallest absolute Gasteiger partial charge is 0.434 e. The first kappa shape index (κ1) is 52.5.